The molecule has 0 saturated carbocycles. The van der Waals surface area contributed by atoms with E-state index in [9.17, 15) is 4.39 Å². The van der Waals surface area contributed by atoms with E-state index in [1.165, 1.54) is 6.07 Å². The Hall–Kier alpha value is -1.20. The zero-order valence-electron chi connectivity index (χ0n) is 8.84. The molecule has 2 rings (SSSR count). The number of hydrogen-bond donors (Lipinski definition) is 1. The Bertz CT molecular complexity index is 545. The average molecular weight is 317 g/mol. The lowest BCUT2D eigenvalue weighted by Gasteiger charge is -2.09. The molecule has 3 nitrogen and oxygen atoms in total. The van der Waals surface area contributed by atoms with E-state index in [4.69, 9.17) is 11.6 Å². The normalized spacial score (nSPS) is 10.4. The van der Waals surface area contributed by atoms with Crippen LogP contribution in [0.25, 0.3) is 0 Å². The van der Waals surface area contributed by atoms with Gasteiger partial charge in [-0.1, -0.05) is 11.6 Å². The number of benzene rings is 1. The fourth-order valence-corrected chi connectivity index (χ4v) is 1.75. The topological polar surface area (TPSA) is 37.8 Å². The van der Waals surface area contributed by atoms with Crippen molar-refractivity contribution in [3.8, 4) is 0 Å². The van der Waals surface area contributed by atoms with Crippen molar-refractivity contribution in [2.75, 3.05) is 5.32 Å². The van der Waals surface area contributed by atoms with Crippen molar-refractivity contribution >= 4 is 39.0 Å². The first-order valence-electron chi connectivity index (χ1n) is 4.78. The third-order valence-corrected chi connectivity index (χ3v) is 2.97. The zero-order valence-corrected chi connectivity index (χ0v) is 11.2. The fraction of sp³-hybridized carbons (Fsp3) is 0.0909. The van der Waals surface area contributed by atoms with Crippen LogP contribution in [0.3, 0.4) is 0 Å². The SMILES string of the molecule is Cc1cc(F)c(Br)cc1Nc1ccc(Cl)nn1. The third kappa shape index (κ3) is 2.92. The molecule has 0 aliphatic heterocycles. The smallest absolute Gasteiger partial charge is 0.153 e. The van der Waals surface area contributed by atoms with Crippen LogP contribution in [0.2, 0.25) is 5.15 Å². The van der Waals surface area contributed by atoms with E-state index < -0.39 is 0 Å². The number of aromatic nitrogens is 2. The molecule has 0 spiro atoms. The molecular weight excluding hydrogens is 308 g/mol. The molecule has 0 radical (unpaired) electrons. The van der Waals surface area contributed by atoms with Gasteiger partial charge in [-0.25, -0.2) is 4.39 Å². The lowest BCUT2D eigenvalue weighted by Crippen LogP contribution is -1.98. The maximum atomic E-state index is 13.2. The van der Waals surface area contributed by atoms with E-state index in [2.05, 4.69) is 31.4 Å². The molecule has 0 bridgehead atoms. The molecule has 17 heavy (non-hydrogen) atoms. The van der Waals surface area contributed by atoms with Gasteiger partial charge in [0.15, 0.2) is 11.0 Å². The van der Waals surface area contributed by atoms with Crippen LogP contribution in [0.1, 0.15) is 5.56 Å². The van der Waals surface area contributed by atoms with Crippen molar-refractivity contribution < 1.29 is 4.39 Å². The van der Waals surface area contributed by atoms with Crippen molar-refractivity contribution in [1.82, 2.24) is 10.2 Å². The lowest BCUT2D eigenvalue weighted by molar-refractivity contribution is 0.620. The molecule has 0 aliphatic carbocycles. The summed E-state index contributed by atoms with van der Waals surface area (Å²) in [6.07, 6.45) is 0. The van der Waals surface area contributed by atoms with Crippen molar-refractivity contribution in [1.29, 1.82) is 0 Å². The minimum Gasteiger partial charge on any atom is -0.338 e. The molecule has 0 unspecified atom stereocenters. The monoisotopic (exact) mass is 315 g/mol. The standard InChI is InChI=1S/C11H8BrClFN3/c1-6-4-8(14)7(12)5-9(6)15-11-3-2-10(13)16-17-11/h2-5H,1H3,(H,15,17). The van der Waals surface area contributed by atoms with Crippen molar-refractivity contribution in [2.24, 2.45) is 0 Å². The van der Waals surface area contributed by atoms with Crippen LogP contribution >= 0.6 is 27.5 Å². The van der Waals surface area contributed by atoms with E-state index in [0.717, 1.165) is 11.3 Å². The molecule has 1 aromatic carbocycles. The number of anilines is 2. The highest BCUT2D eigenvalue weighted by Crippen LogP contribution is 2.26. The summed E-state index contributed by atoms with van der Waals surface area (Å²) in [4.78, 5) is 0. The molecule has 0 saturated heterocycles. The highest BCUT2D eigenvalue weighted by molar-refractivity contribution is 9.10. The first kappa shape index (κ1) is 12.3. The first-order valence-corrected chi connectivity index (χ1v) is 5.95. The van der Waals surface area contributed by atoms with Crippen LogP contribution in [-0.4, -0.2) is 10.2 Å². The second kappa shape index (κ2) is 4.98. The summed E-state index contributed by atoms with van der Waals surface area (Å²) in [6, 6.07) is 6.42. The Morgan fingerprint density at radius 1 is 1.29 bits per heavy atom. The molecule has 0 atom stereocenters. The van der Waals surface area contributed by atoms with E-state index in [1.807, 2.05) is 0 Å². The van der Waals surface area contributed by atoms with Crippen LogP contribution in [0.4, 0.5) is 15.9 Å². The average Bonchev–Trinajstić information content (AvgIpc) is 2.29. The summed E-state index contributed by atoms with van der Waals surface area (Å²) in [6.45, 7) is 1.81. The molecule has 1 aromatic heterocycles. The fourth-order valence-electron chi connectivity index (χ4n) is 1.30. The minimum absolute atomic E-state index is 0.296. The van der Waals surface area contributed by atoms with E-state index in [-0.39, 0.29) is 5.82 Å². The zero-order chi connectivity index (χ0) is 12.4. The molecule has 1 heterocycles. The Balaban J connectivity index is 2.30. The van der Waals surface area contributed by atoms with E-state index in [1.54, 1.807) is 25.1 Å². The number of rotatable bonds is 2. The van der Waals surface area contributed by atoms with Gasteiger partial charge in [0.25, 0.3) is 0 Å². The van der Waals surface area contributed by atoms with Crippen molar-refractivity contribution in [3.05, 3.63) is 45.3 Å². The van der Waals surface area contributed by atoms with Crippen LogP contribution in [0.5, 0.6) is 0 Å². The second-order valence-corrected chi connectivity index (χ2v) is 4.69. The highest BCUT2D eigenvalue weighted by Gasteiger charge is 2.06. The van der Waals surface area contributed by atoms with Gasteiger partial charge in [-0.2, -0.15) is 0 Å². The quantitative estimate of drug-likeness (QED) is 0.907. The largest absolute Gasteiger partial charge is 0.338 e. The number of nitrogens with one attached hydrogen (secondary N) is 1. The summed E-state index contributed by atoms with van der Waals surface area (Å²) in [7, 11) is 0. The van der Waals surface area contributed by atoms with Gasteiger partial charge < -0.3 is 5.32 Å². The van der Waals surface area contributed by atoms with Crippen LogP contribution in [-0.2, 0) is 0 Å². The van der Waals surface area contributed by atoms with E-state index >= 15 is 0 Å². The van der Waals surface area contributed by atoms with Crippen LogP contribution in [0, 0.1) is 12.7 Å². The molecule has 6 heteroatoms. The Kier molecular flexibility index (Phi) is 3.59. The number of nitrogens with zero attached hydrogens (tertiary/aromatic N) is 2. The third-order valence-electron chi connectivity index (χ3n) is 2.16. The molecule has 0 amide bonds. The summed E-state index contributed by atoms with van der Waals surface area (Å²) < 4.78 is 13.6. The number of halogens is 3. The van der Waals surface area contributed by atoms with Crippen LogP contribution in [0.15, 0.2) is 28.7 Å². The summed E-state index contributed by atoms with van der Waals surface area (Å²) in [5.74, 6) is 0.256. The lowest BCUT2D eigenvalue weighted by atomic mass is 10.2. The van der Waals surface area contributed by atoms with Crippen molar-refractivity contribution in [3.63, 3.8) is 0 Å². The predicted octanol–water partition coefficient (Wildman–Crippen LogP) is 4.08. The number of hydrogen-bond acceptors (Lipinski definition) is 3. The Labute approximate surface area is 111 Å². The van der Waals surface area contributed by atoms with Gasteiger partial charge in [-0.05, 0) is 52.7 Å². The molecule has 0 fully saturated rings. The van der Waals surface area contributed by atoms with E-state index in [0.29, 0.717) is 15.4 Å². The maximum absolute atomic E-state index is 13.2. The highest BCUT2D eigenvalue weighted by atomic mass is 79.9. The molecule has 1 N–H and O–H groups in total. The predicted molar refractivity (Wildman–Crippen MR) is 69.2 cm³/mol. The molecular formula is C11H8BrClFN3. The summed E-state index contributed by atoms with van der Waals surface area (Å²) >= 11 is 8.77. The Morgan fingerprint density at radius 2 is 2.06 bits per heavy atom. The maximum Gasteiger partial charge on any atom is 0.153 e. The van der Waals surface area contributed by atoms with Crippen LogP contribution < -0.4 is 5.32 Å². The minimum atomic E-state index is -0.296. The van der Waals surface area contributed by atoms with Gasteiger partial charge in [0.2, 0.25) is 0 Å². The van der Waals surface area contributed by atoms with Gasteiger partial charge in [0.05, 0.1) is 4.47 Å². The second-order valence-electron chi connectivity index (χ2n) is 3.45. The van der Waals surface area contributed by atoms with Gasteiger partial charge in [-0.3, -0.25) is 0 Å². The van der Waals surface area contributed by atoms with Gasteiger partial charge in [0, 0.05) is 5.69 Å². The molecule has 88 valence electrons. The molecule has 2 aromatic rings. The molecule has 0 aliphatic rings. The van der Waals surface area contributed by atoms with Gasteiger partial charge >= 0.3 is 0 Å². The summed E-state index contributed by atoms with van der Waals surface area (Å²) in [5.41, 5.74) is 1.54. The first-order chi connectivity index (χ1) is 8.06. The number of aryl methyl sites for hydroxylation is 1. The Morgan fingerprint density at radius 3 is 2.71 bits per heavy atom. The van der Waals surface area contributed by atoms with Gasteiger partial charge in [0.1, 0.15) is 5.82 Å². The summed E-state index contributed by atoms with van der Waals surface area (Å²) in [5, 5.41) is 10.9. The van der Waals surface area contributed by atoms with Gasteiger partial charge in [-0.15, -0.1) is 10.2 Å². The van der Waals surface area contributed by atoms with Crippen molar-refractivity contribution in [2.45, 2.75) is 6.92 Å².